The summed E-state index contributed by atoms with van der Waals surface area (Å²) in [6.45, 7) is 1.74. The van der Waals surface area contributed by atoms with Gasteiger partial charge in [-0.15, -0.1) is 12.4 Å². The van der Waals surface area contributed by atoms with Crippen molar-refractivity contribution in [3.8, 4) is 5.75 Å². The molecule has 0 spiro atoms. The Balaban J connectivity index is 0.00000196. The molecule has 15 heavy (non-hydrogen) atoms. The molecule has 0 fully saturated rings. The second-order valence-electron chi connectivity index (χ2n) is 3.26. The number of methoxy groups -OCH3 is 1. The Morgan fingerprint density at radius 1 is 1.33 bits per heavy atom. The van der Waals surface area contributed by atoms with Gasteiger partial charge >= 0.3 is 0 Å². The molecule has 0 amide bonds. The summed E-state index contributed by atoms with van der Waals surface area (Å²) in [6.07, 6.45) is 0.312. The van der Waals surface area contributed by atoms with Gasteiger partial charge < -0.3 is 10.5 Å². The molecule has 0 saturated heterocycles. The largest absolute Gasteiger partial charge is 0.494 e. The van der Waals surface area contributed by atoms with Crippen LogP contribution in [0.5, 0.6) is 5.75 Å². The number of benzene rings is 1. The number of hydrogen-bond acceptors (Lipinski definition) is 2. The maximum absolute atomic E-state index is 13.3. The van der Waals surface area contributed by atoms with Gasteiger partial charge in [-0.3, -0.25) is 0 Å². The molecule has 0 radical (unpaired) electrons. The Morgan fingerprint density at radius 2 is 1.93 bits per heavy atom. The molecule has 1 atom stereocenters. The van der Waals surface area contributed by atoms with Crippen LogP contribution < -0.4 is 10.5 Å². The van der Waals surface area contributed by atoms with E-state index in [4.69, 9.17) is 5.73 Å². The molecular formula is C10H14ClF2NO. The quantitative estimate of drug-likeness (QED) is 0.876. The maximum Gasteiger partial charge on any atom is 0.165 e. The Morgan fingerprint density at radius 3 is 2.40 bits per heavy atom. The lowest BCUT2D eigenvalue weighted by molar-refractivity contribution is 0.381. The van der Waals surface area contributed by atoms with Crippen LogP contribution in [0.15, 0.2) is 12.1 Å². The van der Waals surface area contributed by atoms with Crippen LogP contribution in [-0.2, 0) is 6.42 Å². The van der Waals surface area contributed by atoms with E-state index in [1.54, 1.807) is 6.92 Å². The lowest BCUT2D eigenvalue weighted by atomic mass is 10.1. The summed E-state index contributed by atoms with van der Waals surface area (Å²) < 4.78 is 31.1. The highest BCUT2D eigenvalue weighted by atomic mass is 35.5. The van der Waals surface area contributed by atoms with Gasteiger partial charge in [0, 0.05) is 12.1 Å². The van der Waals surface area contributed by atoms with Gasteiger partial charge in [-0.1, -0.05) is 0 Å². The third-order valence-electron chi connectivity index (χ3n) is 1.86. The third-order valence-corrected chi connectivity index (χ3v) is 1.86. The Kier molecular flexibility index (Phi) is 5.54. The predicted molar refractivity (Wildman–Crippen MR) is 57.5 cm³/mol. The van der Waals surface area contributed by atoms with Crippen LogP contribution in [0, 0.1) is 11.6 Å². The van der Waals surface area contributed by atoms with E-state index in [9.17, 15) is 8.78 Å². The topological polar surface area (TPSA) is 35.2 Å². The fourth-order valence-electron chi connectivity index (χ4n) is 1.23. The van der Waals surface area contributed by atoms with Crippen molar-refractivity contribution in [2.75, 3.05) is 7.11 Å². The molecule has 0 bridgehead atoms. The van der Waals surface area contributed by atoms with E-state index in [2.05, 4.69) is 4.74 Å². The molecule has 0 aliphatic heterocycles. The van der Waals surface area contributed by atoms with Gasteiger partial charge in [-0.05, 0) is 25.0 Å². The normalized spacial score (nSPS) is 11.8. The number of nitrogens with two attached hydrogens (primary N) is 1. The fraction of sp³-hybridized carbons (Fsp3) is 0.400. The van der Waals surface area contributed by atoms with Gasteiger partial charge in [-0.2, -0.15) is 0 Å². The van der Waals surface area contributed by atoms with Gasteiger partial charge in [0.2, 0.25) is 0 Å². The summed E-state index contributed by atoms with van der Waals surface area (Å²) in [5, 5.41) is 0. The average Bonchev–Trinajstić information content (AvgIpc) is 2.10. The van der Waals surface area contributed by atoms with Crippen molar-refractivity contribution in [2.24, 2.45) is 5.73 Å². The summed E-state index contributed by atoms with van der Waals surface area (Å²) >= 11 is 0. The standard InChI is InChI=1S/C10H13F2NO.ClH/c1-6(13)3-7-4-9(12)10(14-2)5-8(7)11;/h4-6H,3,13H2,1-2H3;1H. The Labute approximate surface area is 93.8 Å². The third kappa shape index (κ3) is 3.64. The maximum atomic E-state index is 13.3. The number of halogens is 3. The molecule has 0 saturated carbocycles. The predicted octanol–water partition coefficient (Wildman–Crippen LogP) is 2.28. The molecule has 0 aliphatic carbocycles. The van der Waals surface area contributed by atoms with Crippen molar-refractivity contribution in [2.45, 2.75) is 19.4 Å². The second-order valence-corrected chi connectivity index (χ2v) is 3.26. The minimum absolute atomic E-state index is 0. The van der Waals surface area contributed by atoms with Crippen molar-refractivity contribution >= 4 is 12.4 Å². The summed E-state index contributed by atoms with van der Waals surface area (Å²) in [5.74, 6) is -1.14. The van der Waals surface area contributed by atoms with Crippen LogP contribution >= 0.6 is 12.4 Å². The summed E-state index contributed by atoms with van der Waals surface area (Å²) in [4.78, 5) is 0. The second kappa shape index (κ2) is 5.88. The van der Waals surface area contributed by atoms with Crippen molar-refractivity contribution in [1.82, 2.24) is 0 Å². The fourth-order valence-corrected chi connectivity index (χ4v) is 1.23. The monoisotopic (exact) mass is 237 g/mol. The van der Waals surface area contributed by atoms with Crippen molar-refractivity contribution in [1.29, 1.82) is 0 Å². The van der Waals surface area contributed by atoms with Crippen LogP contribution in [0.1, 0.15) is 12.5 Å². The van der Waals surface area contributed by atoms with E-state index in [-0.39, 0.29) is 29.8 Å². The summed E-state index contributed by atoms with van der Waals surface area (Å²) in [5.41, 5.74) is 5.77. The SMILES string of the molecule is COc1cc(F)c(CC(C)N)cc1F.Cl. The highest BCUT2D eigenvalue weighted by Gasteiger charge is 2.11. The molecule has 2 nitrogen and oxygen atoms in total. The van der Waals surface area contributed by atoms with E-state index >= 15 is 0 Å². The minimum Gasteiger partial charge on any atom is -0.494 e. The first-order chi connectivity index (χ1) is 6.54. The first-order valence-electron chi connectivity index (χ1n) is 4.32. The smallest absolute Gasteiger partial charge is 0.165 e. The molecule has 1 aromatic rings. The lowest BCUT2D eigenvalue weighted by Crippen LogP contribution is -2.18. The van der Waals surface area contributed by atoms with Crippen LogP contribution in [0.4, 0.5) is 8.78 Å². The van der Waals surface area contributed by atoms with E-state index in [0.29, 0.717) is 6.42 Å². The minimum atomic E-state index is -0.565. The molecule has 2 N–H and O–H groups in total. The number of ether oxygens (including phenoxy) is 1. The van der Waals surface area contributed by atoms with Gasteiger partial charge in [0.25, 0.3) is 0 Å². The number of rotatable bonds is 3. The highest BCUT2D eigenvalue weighted by molar-refractivity contribution is 5.85. The average molecular weight is 238 g/mol. The van der Waals surface area contributed by atoms with Crippen molar-refractivity contribution in [3.05, 3.63) is 29.3 Å². The summed E-state index contributed by atoms with van der Waals surface area (Å²) in [6, 6.07) is 1.96. The zero-order chi connectivity index (χ0) is 10.7. The van der Waals surface area contributed by atoms with Gasteiger partial charge in [0.15, 0.2) is 11.6 Å². The first-order valence-corrected chi connectivity index (χ1v) is 4.32. The van der Waals surface area contributed by atoms with Crippen LogP contribution in [0.2, 0.25) is 0 Å². The van der Waals surface area contributed by atoms with E-state index in [1.807, 2.05) is 0 Å². The highest BCUT2D eigenvalue weighted by Crippen LogP contribution is 2.21. The van der Waals surface area contributed by atoms with Crippen molar-refractivity contribution < 1.29 is 13.5 Å². The Bertz CT molecular complexity index is 331. The van der Waals surface area contributed by atoms with Crippen LogP contribution in [0.3, 0.4) is 0 Å². The van der Waals surface area contributed by atoms with Crippen LogP contribution in [-0.4, -0.2) is 13.2 Å². The van der Waals surface area contributed by atoms with E-state index in [1.165, 1.54) is 7.11 Å². The molecule has 0 aliphatic rings. The zero-order valence-electron chi connectivity index (χ0n) is 8.59. The molecule has 1 rings (SSSR count). The molecular weight excluding hydrogens is 224 g/mol. The van der Waals surface area contributed by atoms with Gasteiger partial charge in [0.05, 0.1) is 7.11 Å². The van der Waals surface area contributed by atoms with Gasteiger partial charge in [-0.25, -0.2) is 8.78 Å². The molecule has 1 unspecified atom stereocenters. The van der Waals surface area contributed by atoms with Gasteiger partial charge in [0.1, 0.15) is 5.82 Å². The molecule has 5 heteroatoms. The zero-order valence-corrected chi connectivity index (χ0v) is 9.41. The molecule has 0 heterocycles. The lowest BCUT2D eigenvalue weighted by Gasteiger charge is -2.08. The number of hydrogen-bond donors (Lipinski definition) is 1. The molecule has 1 aromatic carbocycles. The van der Waals surface area contributed by atoms with E-state index in [0.717, 1.165) is 12.1 Å². The molecule has 0 aromatic heterocycles. The van der Waals surface area contributed by atoms with E-state index < -0.39 is 11.6 Å². The first kappa shape index (κ1) is 14.1. The summed E-state index contributed by atoms with van der Waals surface area (Å²) in [7, 11) is 1.29. The van der Waals surface area contributed by atoms with Crippen molar-refractivity contribution in [3.63, 3.8) is 0 Å². The molecule has 86 valence electrons. The Hall–Kier alpha value is -0.870. The van der Waals surface area contributed by atoms with Crippen LogP contribution in [0.25, 0.3) is 0 Å².